The van der Waals surface area contributed by atoms with Crippen molar-refractivity contribution in [3.63, 3.8) is 0 Å². The van der Waals surface area contributed by atoms with Crippen molar-refractivity contribution in [1.29, 1.82) is 0 Å². The van der Waals surface area contributed by atoms with Crippen molar-refractivity contribution in [2.24, 2.45) is 0 Å². The molecule has 1 aliphatic heterocycles. The molecule has 0 saturated carbocycles. The van der Waals surface area contributed by atoms with Crippen molar-refractivity contribution >= 4 is 43.5 Å². The lowest BCUT2D eigenvalue weighted by atomic mass is 10.1. The van der Waals surface area contributed by atoms with Gasteiger partial charge in [0.25, 0.3) is 5.91 Å². The van der Waals surface area contributed by atoms with Crippen LogP contribution >= 0.6 is 31.9 Å². The van der Waals surface area contributed by atoms with E-state index in [0.29, 0.717) is 30.2 Å². The van der Waals surface area contributed by atoms with E-state index in [9.17, 15) is 4.79 Å². The lowest BCUT2D eigenvalue weighted by Gasteiger charge is -2.29. The van der Waals surface area contributed by atoms with Crippen LogP contribution in [0, 0.1) is 6.92 Å². The second kappa shape index (κ2) is 5.77. The van der Waals surface area contributed by atoms with Crippen LogP contribution in [0.2, 0.25) is 0 Å². The van der Waals surface area contributed by atoms with Crippen LogP contribution in [-0.4, -0.2) is 24.0 Å². The Bertz CT molecular complexity index is 696. The molecule has 0 bridgehead atoms. The summed E-state index contributed by atoms with van der Waals surface area (Å²) in [7, 11) is 0. The van der Waals surface area contributed by atoms with Crippen LogP contribution in [0.15, 0.2) is 39.5 Å². The number of nitrogens with zero attached hydrogens (tertiary/aromatic N) is 2. The summed E-state index contributed by atoms with van der Waals surface area (Å²) in [6, 6.07) is 5.46. The van der Waals surface area contributed by atoms with Crippen molar-refractivity contribution in [2.75, 3.05) is 18.1 Å². The topological polar surface area (TPSA) is 42.4 Å². The fraction of sp³-hybridized carbons (Fsp3) is 0.200. The molecular weight excluding hydrogens is 400 g/mol. The Kier molecular flexibility index (Phi) is 3.99. The van der Waals surface area contributed by atoms with Gasteiger partial charge >= 0.3 is 0 Å². The van der Waals surface area contributed by atoms with E-state index < -0.39 is 0 Å². The first-order chi connectivity index (χ1) is 10.1. The van der Waals surface area contributed by atoms with E-state index in [2.05, 4.69) is 36.8 Å². The molecule has 0 spiro atoms. The number of aromatic nitrogens is 1. The number of benzene rings is 1. The van der Waals surface area contributed by atoms with E-state index in [0.717, 1.165) is 14.5 Å². The highest BCUT2D eigenvalue weighted by molar-refractivity contribution is 9.11. The number of carbonyl (C=O) groups is 1. The van der Waals surface area contributed by atoms with Crippen LogP contribution in [0.5, 0.6) is 5.75 Å². The fourth-order valence-electron chi connectivity index (χ4n) is 2.20. The maximum Gasteiger partial charge on any atom is 0.258 e. The van der Waals surface area contributed by atoms with Gasteiger partial charge in [-0.15, -0.1) is 0 Å². The van der Waals surface area contributed by atoms with Gasteiger partial charge in [-0.05, 0) is 24.6 Å². The summed E-state index contributed by atoms with van der Waals surface area (Å²) >= 11 is 6.97. The van der Waals surface area contributed by atoms with Crippen molar-refractivity contribution in [3.8, 4) is 5.75 Å². The average molecular weight is 412 g/mol. The zero-order chi connectivity index (χ0) is 15.0. The smallest absolute Gasteiger partial charge is 0.258 e. The molecular formula is C15H12Br2N2O2. The number of hydrogen-bond donors (Lipinski definition) is 0. The van der Waals surface area contributed by atoms with Gasteiger partial charge in [0.05, 0.1) is 12.7 Å². The summed E-state index contributed by atoms with van der Waals surface area (Å²) in [6.07, 6.45) is 3.32. The van der Waals surface area contributed by atoms with Gasteiger partial charge < -0.3 is 9.64 Å². The van der Waals surface area contributed by atoms with Crippen LogP contribution in [0.4, 0.5) is 5.69 Å². The Morgan fingerprint density at radius 1 is 1.33 bits per heavy atom. The maximum absolute atomic E-state index is 12.8. The minimum atomic E-state index is -0.0612. The quantitative estimate of drug-likeness (QED) is 0.713. The molecule has 1 aromatic carbocycles. The molecule has 4 nitrogen and oxygen atoms in total. The van der Waals surface area contributed by atoms with E-state index >= 15 is 0 Å². The zero-order valence-electron chi connectivity index (χ0n) is 11.3. The van der Waals surface area contributed by atoms with Crippen molar-refractivity contribution in [1.82, 2.24) is 4.98 Å². The molecule has 0 saturated heterocycles. The van der Waals surface area contributed by atoms with E-state index in [4.69, 9.17) is 4.74 Å². The highest BCUT2D eigenvalue weighted by Gasteiger charge is 2.25. The lowest BCUT2D eigenvalue weighted by Crippen LogP contribution is -2.38. The molecule has 3 rings (SSSR count). The minimum absolute atomic E-state index is 0.0612. The number of carbonyl (C=O) groups excluding carboxylic acids is 1. The summed E-state index contributed by atoms with van der Waals surface area (Å²) in [4.78, 5) is 18.6. The second-order valence-corrected chi connectivity index (χ2v) is 6.42. The lowest BCUT2D eigenvalue weighted by molar-refractivity contribution is 0.0976. The summed E-state index contributed by atoms with van der Waals surface area (Å²) < 4.78 is 7.36. The number of pyridine rings is 1. The Morgan fingerprint density at radius 2 is 2.05 bits per heavy atom. The number of amides is 1. The summed E-state index contributed by atoms with van der Waals surface area (Å²) in [5, 5.41) is 0. The monoisotopic (exact) mass is 410 g/mol. The third-order valence-corrected chi connectivity index (χ3v) is 5.04. The highest BCUT2D eigenvalue weighted by Crippen LogP contribution is 2.32. The molecule has 6 heteroatoms. The van der Waals surface area contributed by atoms with Crippen LogP contribution in [-0.2, 0) is 0 Å². The Labute approximate surface area is 139 Å². The molecule has 0 unspecified atom stereocenters. The van der Waals surface area contributed by atoms with Gasteiger partial charge in [0.2, 0.25) is 0 Å². The Hall–Kier alpha value is -1.40. The van der Waals surface area contributed by atoms with Gasteiger partial charge in [-0.1, -0.05) is 31.9 Å². The number of halogens is 2. The SMILES string of the molecule is Cc1c(Br)cc(C(=O)N2CCOc3ccncc32)cc1Br. The standard InChI is InChI=1S/C15H12Br2N2O2/c1-9-11(16)6-10(7-12(9)17)15(20)19-4-5-21-14-2-3-18-8-13(14)19/h2-3,6-8H,4-5H2,1H3. The number of ether oxygens (including phenoxy) is 1. The van der Waals surface area contributed by atoms with Crippen LogP contribution in [0.25, 0.3) is 0 Å². The van der Waals surface area contributed by atoms with Gasteiger partial charge in [0.15, 0.2) is 0 Å². The molecule has 0 atom stereocenters. The zero-order valence-corrected chi connectivity index (χ0v) is 14.4. The first kappa shape index (κ1) is 14.5. The van der Waals surface area contributed by atoms with E-state index in [1.165, 1.54) is 0 Å². The predicted molar refractivity (Wildman–Crippen MR) is 88.0 cm³/mol. The largest absolute Gasteiger partial charge is 0.489 e. The molecule has 0 fully saturated rings. The summed E-state index contributed by atoms with van der Waals surface area (Å²) in [6.45, 7) is 2.98. The van der Waals surface area contributed by atoms with Gasteiger partial charge in [0.1, 0.15) is 18.0 Å². The van der Waals surface area contributed by atoms with E-state index in [-0.39, 0.29) is 5.91 Å². The fourth-order valence-corrected chi connectivity index (χ4v) is 3.39. The molecule has 108 valence electrons. The minimum Gasteiger partial charge on any atom is -0.489 e. The molecule has 0 N–H and O–H groups in total. The first-order valence-corrected chi connectivity index (χ1v) is 8.01. The third-order valence-electron chi connectivity index (χ3n) is 3.40. The molecule has 2 heterocycles. The molecule has 1 aliphatic rings. The average Bonchev–Trinajstić information content (AvgIpc) is 2.51. The van der Waals surface area contributed by atoms with Gasteiger partial charge in [0, 0.05) is 26.8 Å². The van der Waals surface area contributed by atoms with Crippen LogP contribution in [0.3, 0.4) is 0 Å². The second-order valence-electron chi connectivity index (χ2n) is 4.71. The van der Waals surface area contributed by atoms with Crippen molar-refractivity contribution in [2.45, 2.75) is 6.92 Å². The molecule has 21 heavy (non-hydrogen) atoms. The normalized spacial score (nSPS) is 13.6. The predicted octanol–water partition coefficient (Wildman–Crippen LogP) is 3.95. The third kappa shape index (κ3) is 2.70. The Morgan fingerprint density at radius 3 is 2.76 bits per heavy atom. The van der Waals surface area contributed by atoms with Gasteiger partial charge in [-0.2, -0.15) is 0 Å². The number of rotatable bonds is 1. The molecule has 1 aromatic heterocycles. The molecule has 0 aliphatic carbocycles. The number of fused-ring (bicyclic) bond motifs is 1. The van der Waals surface area contributed by atoms with Crippen LogP contribution in [0.1, 0.15) is 15.9 Å². The first-order valence-electron chi connectivity index (χ1n) is 6.42. The Balaban J connectivity index is 2.00. The molecule has 2 aromatic rings. The molecule has 1 amide bonds. The van der Waals surface area contributed by atoms with Crippen LogP contribution < -0.4 is 9.64 Å². The van der Waals surface area contributed by atoms with E-state index in [1.807, 2.05) is 19.1 Å². The van der Waals surface area contributed by atoms with E-state index in [1.54, 1.807) is 23.4 Å². The van der Waals surface area contributed by atoms with Gasteiger partial charge in [-0.3, -0.25) is 9.78 Å². The number of hydrogen-bond acceptors (Lipinski definition) is 3. The number of anilines is 1. The summed E-state index contributed by atoms with van der Waals surface area (Å²) in [5.74, 6) is 0.629. The van der Waals surface area contributed by atoms with Crippen molar-refractivity contribution in [3.05, 3.63) is 50.7 Å². The summed E-state index contributed by atoms with van der Waals surface area (Å²) in [5.41, 5.74) is 2.40. The highest BCUT2D eigenvalue weighted by atomic mass is 79.9. The van der Waals surface area contributed by atoms with Gasteiger partial charge in [-0.25, -0.2) is 0 Å². The maximum atomic E-state index is 12.8. The molecule has 0 radical (unpaired) electrons. The van der Waals surface area contributed by atoms with Crippen molar-refractivity contribution < 1.29 is 9.53 Å².